The Morgan fingerprint density at radius 1 is 1.35 bits per heavy atom. The maximum Gasteiger partial charge on any atom is 0.257 e. The second kappa shape index (κ2) is 5.22. The van der Waals surface area contributed by atoms with Crippen molar-refractivity contribution in [2.24, 2.45) is 0 Å². The second-order valence-electron chi connectivity index (χ2n) is 3.32. The molecule has 2 aromatic rings. The fourth-order valence-electron chi connectivity index (χ4n) is 1.28. The lowest BCUT2D eigenvalue weighted by atomic mass is 10.2. The number of anilines is 1. The summed E-state index contributed by atoms with van der Waals surface area (Å²) in [5.41, 5.74) is 1.05. The number of carbonyl (C=O) groups is 1. The highest BCUT2D eigenvalue weighted by Crippen LogP contribution is 2.19. The molecule has 0 radical (unpaired) electrons. The van der Waals surface area contributed by atoms with Gasteiger partial charge >= 0.3 is 0 Å². The first-order chi connectivity index (χ1) is 8.16. The standard InChI is InChI=1S/C12H8FIN2O/c13-9-3-4-11(10(14)6-9)16-12(17)8-2-1-5-15-7-8/h1-7H,(H,16,17). The number of hydrogen-bond donors (Lipinski definition) is 1. The van der Waals surface area contributed by atoms with E-state index in [0.717, 1.165) is 0 Å². The van der Waals surface area contributed by atoms with Crippen molar-refractivity contribution in [3.05, 3.63) is 57.7 Å². The second-order valence-corrected chi connectivity index (χ2v) is 4.48. The predicted molar refractivity (Wildman–Crippen MR) is 71.3 cm³/mol. The molecule has 86 valence electrons. The van der Waals surface area contributed by atoms with Gasteiger partial charge in [0.1, 0.15) is 5.82 Å². The summed E-state index contributed by atoms with van der Waals surface area (Å²) in [6.45, 7) is 0. The van der Waals surface area contributed by atoms with E-state index in [4.69, 9.17) is 0 Å². The molecule has 1 amide bonds. The summed E-state index contributed by atoms with van der Waals surface area (Å²) in [4.78, 5) is 15.7. The van der Waals surface area contributed by atoms with E-state index in [0.29, 0.717) is 14.8 Å². The Hall–Kier alpha value is -1.50. The Balaban J connectivity index is 2.19. The molecule has 0 fully saturated rings. The molecule has 0 aliphatic heterocycles. The molecule has 0 aliphatic carbocycles. The van der Waals surface area contributed by atoms with Crippen LogP contribution in [0.4, 0.5) is 10.1 Å². The van der Waals surface area contributed by atoms with Crippen LogP contribution in [0.2, 0.25) is 0 Å². The Kier molecular flexibility index (Phi) is 3.68. The van der Waals surface area contributed by atoms with Gasteiger partial charge in [0, 0.05) is 16.0 Å². The Morgan fingerprint density at radius 2 is 2.18 bits per heavy atom. The van der Waals surface area contributed by atoms with Gasteiger partial charge in [0.05, 0.1) is 11.3 Å². The van der Waals surface area contributed by atoms with Crippen LogP contribution in [-0.2, 0) is 0 Å². The molecule has 0 saturated heterocycles. The maximum absolute atomic E-state index is 12.9. The van der Waals surface area contributed by atoms with Gasteiger partial charge in [0.15, 0.2) is 0 Å². The number of nitrogens with zero attached hydrogens (tertiary/aromatic N) is 1. The number of pyridine rings is 1. The Morgan fingerprint density at radius 3 is 2.82 bits per heavy atom. The molecule has 1 N–H and O–H groups in total. The zero-order chi connectivity index (χ0) is 12.3. The fourth-order valence-corrected chi connectivity index (χ4v) is 1.89. The van der Waals surface area contributed by atoms with Crippen molar-refractivity contribution in [1.82, 2.24) is 4.98 Å². The van der Waals surface area contributed by atoms with E-state index in [1.807, 2.05) is 22.6 Å². The van der Waals surface area contributed by atoms with Crippen LogP contribution in [0.3, 0.4) is 0 Å². The molecule has 0 spiro atoms. The molecule has 1 heterocycles. The van der Waals surface area contributed by atoms with Crippen LogP contribution in [0, 0.1) is 9.39 Å². The Bertz CT molecular complexity index is 545. The third-order valence-corrected chi connectivity index (χ3v) is 3.00. The molecule has 0 unspecified atom stereocenters. The summed E-state index contributed by atoms with van der Waals surface area (Å²) in [6.07, 6.45) is 3.07. The number of carbonyl (C=O) groups excluding carboxylic acids is 1. The summed E-state index contributed by atoms with van der Waals surface area (Å²) in [6, 6.07) is 7.55. The molecular weight excluding hydrogens is 334 g/mol. The van der Waals surface area contributed by atoms with Gasteiger partial charge in [-0.05, 0) is 52.9 Å². The number of rotatable bonds is 2. The van der Waals surface area contributed by atoms with Crippen molar-refractivity contribution < 1.29 is 9.18 Å². The van der Waals surface area contributed by atoms with Gasteiger partial charge in [-0.15, -0.1) is 0 Å². The van der Waals surface area contributed by atoms with Crippen LogP contribution >= 0.6 is 22.6 Å². The third kappa shape index (κ3) is 3.00. The van der Waals surface area contributed by atoms with Crippen LogP contribution in [0.25, 0.3) is 0 Å². The molecule has 0 saturated carbocycles. The van der Waals surface area contributed by atoms with Crippen molar-refractivity contribution in [1.29, 1.82) is 0 Å². The third-order valence-electron chi connectivity index (χ3n) is 2.10. The average molecular weight is 342 g/mol. The predicted octanol–water partition coefficient (Wildman–Crippen LogP) is 3.08. The van der Waals surface area contributed by atoms with Gasteiger partial charge in [-0.25, -0.2) is 4.39 Å². The van der Waals surface area contributed by atoms with E-state index >= 15 is 0 Å². The van der Waals surface area contributed by atoms with Crippen LogP contribution in [0.1, 0.15) is 10.4 Å². The lowest BCUT2D eigenvalue weighted by Gasteiger charge is -2.06. The number of hydrogen-bond acceptors (Lipinski definition) is 2. The molecule has 17 heavy (non-hydrogen) atoms. The number of aromatic nitrogens is 1. The number of amides is 1. The largest absolute Gasteiger partial charge is 0.321 e. The first kappa shape index (κ1) is 12.0. The highest BCUT2D eigenvalue weighted by atomic mass is 127. The molecule has 5 heteroatoms. The van der Waals surface area contributed by atoms with E-state index < -0.39 is 0 Å². The van der Waals surface area contributed by atoms with Gasteiger partial charge in [0.2, 0.25) is 0 Å². The molecule has 0 atom stereocenters. The molecular formula is C12H8FIN2O. The topological polar surface area (TPSA) is 42.0 Å². The summed E-state index contributed by atoms with van der Waals surface area (Å²) < 4.78 is 13.5. The van der Waals surface area contributed by atoms with Crippen molar-refractivity contribution in [2.45, 2.75) is 0 Å². The average Bonchev–Trinajstić information content (AvgIpc) is 2.34. The highest BCUT2D eigenvalue weighted by Gasteiger charge is 2.08. The van der Waals surface area contributed by atoms with Gasteiger partial charge in [0.25, 0.3) is 5.91 Å². The Labute approximate surface area is 111 Å². The monoisotopic (exact) mass is 342 g/mol. The summed E-state index contributed by atoms with van der Waals surface area (Å²) in [7, 11) is 0. The minimum absolute atomic E-state index is 0.261. The van der Waals surface area contributed by atoms with Gasteiger partial charge in [-0.1, -0.05) is 0 Å². The van der Waals surface area contributed by atoms with Crippen LogP contribution < -0.4 is 5.32 Å². The quantitative estimate of drug-likeness (QED) is 0.853. The molecule has 1 aromatic heterocycles. The van der Waals surface area contributed by atoms with E-state index in [-0.39, 0.29) is 11.7 Å². The molecule has 2 rings (SSSR count). The zero-order valence-corrected chi connectivity index (χ0v) is 10.8. The highest BCUT2D eigenvalue weighted by molar-refractivity contribution is 14.1. The van der Waals surface area contributed by atoms with Crippen LogP contribution in [0.15, 0.2) is 42.7 Å². The lowest BCUT2D eigenvalue weighted by molar-refractivity contribution is 0.102. The van der Waals surface area contributed by atoms with Gasteiger partial charge < -0.3 is 5.32 Å². The maximum atomic E-state index is 12.9. The molecule has 1 aromatic carbocycles. The summed E-state index contributed by atoms with van der Waals surface area (Å²) in [5, 5.41) is 2.70. The van der Waals surface area contributed by atoms with E-state index in [1.165, 1.54) is 24.4 Å². The molecule has 0 bridgehead atoms. The van der Waals surface area contributed by atoms with Gasteiger partial charge in [-0.2, -0.15) is 0 Å². The normalized spacial score (nSPS) is 10.0. The van der Waals surface area contributed by atoms with E-state index in [1.54, 1.807) is 18.3 Å². The number of nitrogens with one attached hydrogen (secondary N) is 1. The van der Waals surface area contributed by atoms with Crippen LogP contribution in [-0.4, -0.2) is 10.9 Å². The van der Waals surface area contributed by atoms with Crippen molar-refractivity contribution in [3.8, 4) is 0 Å². The molecule has 0 aliphatic rings. The van der Waals surface area contributed by atoms with Crippen molar-refractivity contribution in [2.75, 3.05) is 5.32 Å². The van der Waals surface area contributed by atoms with Crippen molar-refractivity contribution >= 4 is 34.2 Å². The lowest BCUT2D eigenvalue weighted by Crippen LogP contribution is -2.12. The SMILES string of the molecule is O=C(Nc1ccc(F)cc1I)c1cccnc1. The van der Waals surface area contributed by atoms with E-state index in [9.17, 15) is 9.18 Å². The smallest absolute Gasteiger partial charge is 0.257 e. The van der Waals surface area contributed by atoms with E-state index in [2.05, 4.69) is 10.3 Å². The summed E-state index contributed by atoms with van der Waals surface area (Å²) >= 11 is 1.97. The molecule has 3 nitrogen and oxygen atoms in total. The first-order valence-electron chi connectivity index (χ1n) is 4.83. The van der Waals surface area contributed by atoms with Gasteiger partial charge in [-0.3, -0.25) is 9.78 Å². The zero-order valence-electron chi connectivity index (χ0n) is 8.65. The minimum atomic E-state index is -0.325. The van der Waals surface area contributed by atoms with Crippen molar-refractivity contribution in [3.63, 3.8) is 0 Å². The number of benzene rings is 1. The minimum Gasteiger partial charge on any atom is -0.321 e. The summed E-state index contributed by atoms with van der Waals surface area (Å²) in [5.74, 6) is -0.587. The van der Waals surface area contributed by atoms with Crippen LogP contribution in [0.5, 0.6) is 0 Å². The number of halogens is 2. The first-order valence-corrected chi connectivity index (χ1v) is 5.91. The fraction of sp³-hybridized carbons (Fsp3) is 0.